The molecule has 8 heteroatoms. The van der Waals surface area contributed by atoms with Crippen molar-refractivity contribution in [2.24, 2.45) is 5.92 Å². The minimum Gasteiger partial charge on any atom is -0.463 e. The number of carbonyl (C=O) groups excluding carboxylic acids is 3. The number of carbonyl (C=O) groups is 3. The first-order chi connectivity index (χ1) is 12.9. The number of benzene rings is 1. The molecular formula is C19H23N3O5. The Bertz CT molecular complexity index is 860. The number of hydrogen-bond donors (Lipinski definition) is 4. The Kier molecular flexibility index (Phi) is 5.57. The van der Waals surface area contributed by atoms with Gasteiger partial charge in [0.15, 0.2) is 12.0 Å². The number of Topliss-reactive ketones (excluding diaryl/α,β-unsaturated/α-hetero) is 1. The van der Waals surface area contributed by atoms with Crippen LogP contribution in [0.5, 0.6) is 0 Å². The second kappa shape index (κ2) is 7.89. The number of fused-ring (bicyclic) bond motifs is 1. The summed E-state index contributed by atoms with van der Waals surface area (Å²) >= 11 is 0. The Morgan fingerprint density at radius 1 is 1.30 bits per heavy atom. The van der Waals surface area contributed by atoms with Gasteiger partial charge in [-0.25, -0.2) is 0 Å². The van der Waals surface area contributed by atoms with Crippen molar-refractivity contribution in [1.29, 1.82) is 0 Å². The molecule has 1 aromatic carbocycles. The van der Waals surface area contributed by atoms with Crippen molar-refractivity contribution in [1.82, 2.24) is 16.0 Å². The molecule has 3 atom stereocenters. The largest absolute Gasteiger partial charge is 0.463 e. The van der Waals surface area contributed by atoms with E-state index in [0.717, 1.165) is 0 Å². The van der Waals surface area contributed by atoms with Crippen molar-refractivity contribution in [3.05, 3.63) is 36.1 Å². The van der Waals surface area contributed by atoms with Crippen LogP contribution < -0.4 is 16.0 Å². The minimum atomic E-state index is -1.28. The van der Waals surface area contributed by atoms with Crippen LogP contribution in [-0.4, -0.2) is 47.6 Å². The van der Waals surface area contributed by atoms with Gasteiger partial charge in [0.05, 0.1) is 11.6 Å². The van der Waals surface area contributed by atoms with E-state index in [1.165, 1.54) is 6.26 Å². The summed E-state index contributed by atoms with van der Waals surface area (Å²) in [6.45, 7) is 4.02. The molecule has 1 aliphatic heterocycles. The van der Waals surface area contributed by atoms with E-state index in [1.807, 2.05) is 6.07 Å². The highest BCUT2D eigenvalue weighted by molar-refractivity contribution is 6.07. The maximum atomic E-state index is 12.7. The summed E-state index contributed by atoms with van der Waals surface area (Å²) in [5.41, 5.74) is 0.930. The van der Waals surface area contributed by atoms with Crippen molar-refractivity contribution in [2.75, 3.05) is 6.54 Å². The van der Waals surface area contributed by atoms with Crippen molar-refractivity contribution in [3.63, 3.8) is 0 Å². The number of para-hydroxylation sites is 1. The van der Waals surface area contributed by atoms with Gasteiger partial charge in [-0.05, 0) is 18.4 Å². The Morgan fingerprint density at radius 3 is 2.78 bits per heavy atom. The van der Waals surface area contributed by atoms with Gasteiger partial charge in [0, 0.05) is 11.9 Å². The number of ketones is 1. The maximum Gasteiger partial charge on any atom is 0.255 e. The average Bonchev–Trinajstić information content (AvgIpc) is 3.07. The number of rotatable bonds is 5. The van der Waals surface area contributed by atoms with Crippen molar-refractivity contribution < 1.29 is 23.9 Å². The quantitative estimate of drug-likeness (QED) is 0.608. The van der Waals surface area contributed by atoms with Crippen LogP contribution in [0, 0.1) is 5.92 Å². The van der Waals surface area contributed by atoms with E-state index < -0.39 is 35.9 Å². The van der Waals surface area contributed by atoms with E-state index in [1.54, 1.807) is 32.0 Å². The molecule has 3 unspecified atom stereocenters. The zero-order chi connectivity index (χ0) is 19.6. The highest BCUT2D eigenvalue weighted by Gasteiger charge is 2.33. The third-order valence-corrected chi connectivity index (χ3v) is 4.66. The second-order valence-corrected chi connectivity index (χ2v) is 6.95. The zero-order valence-corrected chi connectivity index (χ0v) is 15.2. The van der Waals surface area contributed by atoms with E-state index in [4.69, 9.17) is 4.42 Å². The van der Waals surface area contributed by atoms with Crippen molar-refractivity contribution in [2.45, 2.75) is 38.6 Å². The third-order valence-electron chi connectivity index (χ3n) is 4.66. The van der Waals surface area contributed by atoms with E-state index in [2.05, 4.69) is 16.0 Å². The number of aliphatic hydroxyl groups is 1. The lowest BCUT2D eigenvalue weighted by Crippen LogP contribution is -2.59. The number of hydrogen-bond acceptors (Lipinski definition) is 6. The molecule has 3 rings (SSSR count). The Morgan fingerprint density at radius 2 is 2.04 bits per heavy atom. The summed E-state index contributed by atoms with van der Waals surface area (Å²) < 4.78 is 5.38. The van der Waals surface area contributed by atoms with Crippen molar-refractivity contribution in [3.8, 4) is 0 Å². The highest BCUT2D eigenvalue weighted by Crippen LogP contribution is 2.21. The van der Waals surface area contributed by atoms with Crippen LogP contribution in [0.25, 0.3) is 11.0 Å². The lowest BCUT2D eigenvalue weighted by Gasteiger charge is -2.29. The summed E-state index contributed by atoms with van der Waals surface area (Å²) in [5.74, 6) is -1.57. The van der Waals surface area contributed by atoms with Crippen LogP contribution >= 0.6 is 0 Å². The molecule has 144 valence electrons. The average molecular weight is 373 g/mol. The molecular weight excluding hydrogens is 350 g/mol. The topological polar surface area (TPSA) is 121 Å². The molecule has 2 heterocycles. The Hall–Kier alpha value is -2.71. The van der Waals surface area contributed by atoms with Gasteiger partial charge in [0.2, 0.25) is 5.91 Å². The minimum absolute atomic E-state index is 0.200. The van der Waals surface area contributed by atoms with Crippen LogP contribution in [0.3, 0.4) is 0 Å². The SMILES string of the molecule is CC(C)C(NC(=O)c1coc2ccccc12)C(=O)NC1CCNC(O)C1=O. The predicted octanol–water partition coefficient (Wildman–Crippen LogP) is 0.553. The standard InChI is InChI=1S/C19H23N3O5/c1-10(2)15(18(25)21-13-7-8-20-19(26)16(13)23)22-17(24)12-9-27-14-6-4-3-5-11(12)14/h3-6,9-10,13,15,19-20,26H,7-8H2,1-2H3,(H,21,25)(H,22,24). The molecule has 2 aromatic rings. The fourth-order valence-electron chi connectivity index (χ4n) is 3.11. The highest BCUT2D eigenvalue weighted by atomic mass is 16.3. The zero-order valence-electron chi connectivity index (χ0n) is 15.2. The number of piperidine rings is 1. The smallest absolute Gasteiger partial charge is 0.255 e. The predicted molar refractivity (Wildman–Crippen MR) is 97.9 cm³/mol. The fourth-order valence-corrected chi connectivity index (χ4v) is 3.11. The summed E-state index contributed by atoms with van der Waals surface area (Å²) in [4.78, 5) is 37.3. The van der Waals surface area contributed by atoms with E-state index in [-0.39, 0.29) is 5.92 Å². The maximum absolute atomic E-state index is 12.7. The van der Waals surface area contributed by atoms with Crippen LogP contribution in [-0.2, 0) is 9.59 Å². The van der Waals surface area contributed by atoms with E-state index in [0.29, 0.717) is 29.5 Å². The van der Waals surface area contributed by atoms with Gasteiger partial charge >= 0.3 is 0 Å². The lowest BCUT2D eigenvalue weighted by atomic mass is 9.99. The van der Waals surface area contributed by atoms with Gasteiger partial charge in [-0.3, -0.25) is 19.7 Å². The molecule has 0 radical (unpaired) electrons. The number of furan rings is 1. The van der Waals surface area contributed by atoms with Gasteiger partial charge in [-0.2, -0.15) is 0 Å². The fraction of sp³-hybridized carbons (Fsp3) is 0.421. The summed E-state index contributed by atoms with van der Waals surface area (Å²) in [6.07, 6.45) is 0.461. The number of amides is 2. The molecule has 8 nitrogen and oxygen atoms in total. The molecule has 0 aliphatic carbocycles. The lowest BCUT2D eigenvalue weighted by molar-refractivity contribution is -0.137. The molecule has 1 aliphatic rings. The van der Waals surface area contributed by atoms with Gasteiger partial charge < -0.3 is 20.2 Å². The molecule has 1 saturated heterocycles. The number of aliphatic hydroxyl groups excluding tert-OH is 1. The van der Waals surface area contributed by atoms with Gasteiger partial charge in [-0.15, -0.1) is 0 Å². The summed E-state index contributed by atoms with van der Waals surface area (Å²) in [5, 5.41) is 18.2. The first kappa shape index (κ1) is 19.1. The van der Waals surface area contributed by atoms with E-state index in [9.17, 15) is 19.5 Å². The molecule has 1 fully saturated rings. The van der Waals surface area contributed by atoms with Crippen LogP contribution in [0.4, 0.5) is 0 Å². The first-order valence-electron chi connectivity index (χ1n) is 8.91. The van der Waals surface area contributed by atoms with Gasteiger partial charge in [0.1, 0.15) is 17.9 Å². The molecule has 0 saturated carbocycles. The van der Waals surface area contributed by atoms with E-state index >= 15 is 0 Å². The van der Waals surface area contributed by atoms with Gasteiger partial charge in [0.25, 0.3) is 5.91 Å². The van der Waals surface area contributed by atoms with Crippen LogP contribution in [0.15, 0.2) is 34.9 Å². The molecule has 4 N–H and O–H groups in total. The van der Waals surface area contributed by atoms with Crippen molar-refractivity contribution >= 4 is 28.6 Å². The molecule has 0 bridgehead atoms. The third kappa shape index (κ3) is 4.01. The summed E-state index contributed by atoms with van der Waals surface area (Å²) in [7, 11) is 0. The Balaban J connectivity index is 1.72. The molecule has 27 heavy (non-hydrogen) atoms. The Labute approximate surface area is 156 Å². The summed E-state index contributed by atoms with van der Waals surface area (Å²) in [6, 6.07) is 5.53. The normalized spacial score (nSPS) is 21.3. The first-order valence-corrected chi connectivity index (χ1v) is 8.91. The molecule has 2 amide bonds. The van der Waals surface area contributed by atoms with Gasteiger partial charge in [-0.1, -0.05) is 32.0 Å². The second-order valence-electron chi connectivity index (χ2n) is 6.95. The molecule has 1 aromatic heterocycles. The molecule has 0 spiro atoms. The van der Waals surface area contributed by atoms with Crippen LogP contribution in [0.2, 0.25) is 0 Å². The monoisotopic (exact) mass is 373 g/mol. The van der Waals surface area contributed by atoms with Crippen LogP contribution in [0.1, 0.15) is 30.6 Å². The number of nitrogens with one attached hydrogen (secondary N) is 3.